The van der Waals surface area contributed by atoms with Crippen molar-refractivity contribution in [2.45, 2.75) is 5.75 Å². The number of nitro groups is 1. The molecule has 0 aromatic heterocycles. The van der Waals surface area contributed by atoms with Gasteiger partial charge in [0, 0.05) is 27.3 Å². The van der Waals surface area contributed by atoms with E-state index >= 15 is 0 Å². The summed E-state index contributed by atoms with van der Waals surface area (Å²) in [4.78, 5) is 9.86. The molecule has 8 heteroatoms. The third kappa shape index (κ3) is 3.65. The fourth-order valence-electron chi connectivity index (χ4n) is 1.03. The Bertz CT molecular complexity index is 500. The number of nitrogens with zero attached hydrogens (tertiary/aromatic N) is 1. The Balaban J connectivity index is 3.25. The molecule has 0 amide bonds. The van der Waals surface area contributed by atoms with E-state index in [2.05, 4.69) is 0 Å². The first kappa shape index (κ1) is 12.2. The van der Waals surface area contributed by atoms with Gasteiger partial charge in [-0.1, -0.05) is 11.6 Å². The summed E-state index contributed by atoms with van der Waals surface area (Å²) in [5, 5.41) is 10.8. The van der Waals surface area contributed by atoms with Gasteiger partial charge in [-0.2, -0.15) is 0 Å². The van der Waals surface area contributed by atoms with Gasteiger partial charge in [-0.25, -0.2) is 8.42 Å². The minimum Gasteiger partial charge on any atom is -0.258 e. The van der Waals surface area contributed by atoms with Crippen LogP contribution in [0.15, 0.2) is 18.2 Å². The fraction of sp³-hybridized carbons (Fsp3) is 0.143. The first-order valence-corrected chi connectivity index (χ1v) is 6.50. The third-order valence-electron chi connectivity index (χ3n) is 1.57. The fourth-order valence-corrected chi connectivity index (χ4v) is 2.18. The van der Waals surface area contributed by atoms with E-state index < -0.39 is 19.7 Å². The Kier molecular flexibility index (Phi) is 3.54. The van der Waals surface area contributed by atoms with Gasteiger partial charge in [0.15, 0.2) is 0 Å². The van der Waals surface area contributed by atoms with E-state index in [0.29, 0.717) is 0 Å². The molecule has 5 nitrogen and oxygen atoms in total. The van der Waals surface area contributed by atoms with E-state index in [1.807, 2.05) is 0 Å². The molecular weight excluding hydrogens is 265 g/mol. The van der Waals surface area contributed by atoms with Crippen LogP contribution in [0.3, 0.4) is 0 Å². The third-order valence-corrected chi connectivity index (χ3v) is 2.78. The van der Waals surface area contributed by atoms with Gasteiger partial charge in [-0.15, -0.1) is 0 Å². The second-order valence-electron chi connectivity index (χ2n) is 2.71. The smallest absolute Gasteiger partial charge is 0.258 e. The largest absolute Gasteiger partial charge is 0.273 e. The minimum atomic E-state index is -3.84. The van der Waals surface area contributed by atoms with Gasteiger partial charge in [-0.05, 0) is 12.1 Å². The summed E-state index contributed by atoms with van der Waals surface area (Å²) in [6.07, 6.45) is 0. The molecule has 82 valence electrons. The van der Waals surface area contributed by atoms with Crippen LogP contribution in [-0.2, 0) is 14.8 Å². The lowest BCUT2D eigenvalue weighted by molar-refractivity contribution is -0.385. The van der Waals surface area contributed by atoms with Crippen LogP contribution in [0.2, 0.25) is 5.02 Å². The van der Waals surface area contributed by atoms with Gasteiger partial charge in [0.2, 0.25) is 9.05 Å². The molecule has 1 aromatic rings. The molecule has 0 radical (unpaired) electrons. The monoisotopic (exact) mass is 269 g/mol. The van der Waals surface area contributed by atoms with Crippen LogP contribution in [0.5, 0.6) is 0 Å². The standard InChI is InChI=1S/C7H5Cl2NO4S/c8-6-1-2-7(10(11)12)5(3-6)4-15(9,13)14/h1-3H,4H2. The summed E-state index contributed by atoms with van der Waals surface area (Å²) in [6, 6.07) is 3.66. The normalized spacial score (nSPS) is 11.3. The molecule has 0 heterocycles. The van der Waals surface area contributed by atoms with Crippen molar-refractivity contribution in [2.75, 3.05) is 0 Å². The summed E-state index contributed by atoms with van der Waals surface area (Å²) in [5.41, 5.74) is -0.342. The van der Waals surface area contributed by atoms with Crippen molar-refractivity contribution < 1.29 is 13.3 Å². The van der Waals surface area contributed by atoms with Gasteiger partial charge in [0.25, 0.3) is 5.69 Å². The quantitative estimate of drug-likeness (QED) is 0.479. The Morgan fingerprint density at radius 2 is 2.00 bits per heavy atom. The van der Waals surface area contributed by atoms with Crippen molar-refractivity contribution >= 4 is 37.0 Å². The van der Waals surface area contributed by atoms with Gasteiger partial charge < -0.3 is 0 Å². The summed E-state index contributed by atoms with van der Waals surface area (Å²) in [7, 11) is 1.16. The van der Waals surface area contributed by atoms with Crippen LogP contribution < -0.4 is 0 Å². The molecule has 0 aliphatic carbocycles. The predicted octanol–water partition coefficient (Wildman–Crippen LogP) is 2.32. The average Bonchev–Trinajstić information content (AvgIpc) is 1.99. The molecule has 0 saturated carbocycles. The van der Waals surface area contributed by atoms with E-state index in [9.17, 15) is 18.5 Å². The summed E-state index contributed by atoms with van der Waals surface area (Å²) in [6.45, 7) is 0. The van der Waals surface area contributed by atoms with Crippen LogP contribution in [0.25, 0.3) is 0 Å². The first-order chi connectivity index (χ1) is 6.79. The number of benzene rings is 1. The lowest BCUT2D eigenvalue weighted by Crippen LogP contribution is -2.00. The molecule has 0 aliphatic rings. The van der Waals surface area contributed by atoms with Crippen LogP contribution in [-0.4, -0.2) is 13.3 Å². The highest BCUT2D eigenvalue weighted by molar-refractivity contribution is 8.13. The van der Waals surface area contributed by atoms with Gasteiger partial charge in [0.1, 0.15) is 0 Å². The Morgan fingerprint density at radius 1 is 1.40 bits per heavy atom. The van der Waals surface area contributed by atoms with Crippen molar-refractivity contribution in [1.82, 2.24) is 0 Å². The predicted molar refractivity (Wildman–Crippen MR) is 56.6 cm³/mol. The second-order valence-corrected chi connectivity index (χ2v) is 5.93. The Morgan fingerprint density at radius 3 is 2.47 bits per heavy atom. The number of nitro benzene ring substituents is 1. The maximum atomic E-state index is 10.8. The zero-order chi connectivity index (χ0) is 11.6. The molecule has 0 spiro atoms. The van der Waals surface area contributed by atoms with Crippen molar-refractivity contribution in [3.05, 3.63) is 38.9 Å². The van der Waals surface area contributed by atoms with Crippen LogP contribution >= 0.6 is 22.3 Å². The van der Waals surface area contributed by atoms with E-state index in [4.69, 9.17) is 22.3 Å². The molecule has 0 unspecified atom stereocenters. The zero-order valence-electron chi connectivity index (χ0n) is 7.18. The number of halogens is 2. The SMILES string of the molecule is O=[N+]([O-])c1ccc(Cl)cc1CS(=O)(=O)Cl. The van der Waals surface area contributed by atoms with Gasteiger partial charge >= 0.3 is 0 Å². The van der Waals surface area contributed by atoms with Gasteiger partial charge in [-0.3, -0.25) is 10.1 Å². The summed E-state index contributed by atoms with van der Waals surface area (Å²) in [5.74, 6) is -0.620. The lowest BCUT2D eigenvalue weighted by Gasteiger charge is -2.00. The highest BCUT2D eigenvalue weighted by Gasteiger charge is 2.18. The van der Waals surface area contributed by atoms with Crippen LogP contribution in [0.1, 0.15) is 5.56 Å². The average molecular weight is 270 g/mol. The van der Waals surface area contributed by atoms with E-state index in [-0.39, 0.29) is 16.3 Å². The van der Waals surface area contributed by atoms with Gasteiger partial charge in [0.05, 0.1) is 10.7 Å². The topological polar surface area (TPSA) is 77.3 Å². The van der Waals surface area contributed by atoms with Crippen molar-refractivity contribution in [2.24, 2.45) is 0 Å². The number of hydrogen-bond donors (Lipinski definition) is 0. The molecule has 0 fully saturated rings. The molecular formula is C7H5Cl2NO4S. The maximum Gasteiger partial charge on any atom is 0.273 e. The molecule has 0 atom stereocenters. The molecule has 15 heavy (non-hydrogen) atoms. The Labute approximate surface area is 95.2 Å². The van der Waals surface area contributed by atoms with Crippen molar-refractivity contribution in [3.8, 4) is 0 Å². The molecule has 0 saturated heterocycles. The van der Waals surface area contributed by atoms with E-state index in [1.165, 1.54) is 12.1 Å². The Hall–Kier alpha value is -0.850. The highest BCUT2D eigenvalue weighted by atomic mass is 35.7. The first-order valence-electron chi connectivity index (χ1n) is 3.65. The lowest BCUT2D eigenvalue weighted by atomic mass is 10.2. The van der Waals surface area contributed by atoms with Crippen LogP contribution in [0.4, 0.5) is 5.69 Å². The number of hydrogen-bond acceptors (Lipinski definition) is 4. The van der Waals surface area contributed by atoms with E-state index in [0.717, 1.165) is 6.07 Å². The molecule has 0 aliphatic heterocycles. The van der Waals surface area contributed by atoms with Crippen molar-refractivity contribution in [3.63, 3.8) is 0 Å². The van der Waals surface area contributed by atoms with Crippen LogP contribution in [0, 0.1) is 10.1 Å². The second kappa shape index (κ2) is 4.34. The zero-order valence-corrected chi connectivity index (χ0v) is 9.51. The number of rotatable bonds is 3. The van der Waals surface area contributed by atoms with E-state index in [1.54, 1.807) is 0 Å². The molecule has 0 N–H and O–H groups in total. The molecule has 1 rings (SSSR count). The minimum absolute atomic E-state index is 0.0255. The maximum absolute atomic E-state index is 10.8. The summed E-state index contributed by atoms with van der Waals surface area (Å²) >= 11 is 5.59. The summed E-state index contributed by atoms with van der Waals surface area (Å²) < 4.78 is 21.6. The highest BCUT2D eigenvalue weighted by Crippen LogP contribution is 2.25. The molecule has 1 aromatic carbocycles. The van der Waals surface area contributed by atoms with Crippen molar-refractivity contribution in [1.29, 1.82) is 0 Å². The molecule has 0 bridgehead atoms.